The Morgan fingerprint density at radius 1 is 1.52 bits per heavy atom. The molecule has 23 heavy (non-hydrogen) atoms. The Bertz CT molecular complexity index is 640. The first kappa shape index (κ1) is 17.6. The maximum Gasteiger partial charge on any atom is 0.311 e. The Kier molecular flexibility index (Phi) is 5.49. The topological polar surface area (TPSA) is 26.3 Å². The second kappa shape index (κ2) is 7.19. The molecular formula is C20H24O2S. The van der Waals surface area contributed by atoms with E-state index in [1.807, 2.05) is 31.4 Å². The number of allylic oxidation sites excluding steroid dienone is 3. The van der Waals surface area contributed by atoms with Gasteiger partial charge in [0.2, 0.25) is 0 Å². The number of rotatable bonds is 6. The molecule has 0 aromatic carbocycles. The van der Waals surface area contributed by atoms with Crippen molar-refractivity contribution in [2.75, 3.05) is 0 Å². The average molecular weight is 328 g/mol. The van der Waals surface area contributed by atoms with Gasteiger partial charge in [0, 0.05) is 4.88 Å². The number of esters is 1. The standard InChI is InChI=1S/C20H24O2S/c1-6-15(9-7-10-16-11-8-12-23-16)22-19(21)18-17(13-14(2)3)20(18,4)5/h1,7-9,11-13,15,17-18H,10H2,2-5H3. The molecule has 2 rings (SSSR count). The highest BCUT2D eigenvalue weighted by Gasteiger charge is 2.61. The summed E-state index contributed by atoms with van der Waals surface area (Å²) in [5.41, 5.74) is 1.18. The van der Waals surface area contributed by atoms with Crippen molar-refractivity contribution in [3.63, 3.8) is 0 Å². The van der Waals surface area contributed by atoms with Crippen molar-refractivity contribution < 1.29 is 9.53 Å². The molecule has 1 aliphatic carbocycles. The van der Waals surface area contributed by atoms with Crippen LogP contribution in [0.1, 0.15) is 32.6 Å². The molecule has 0 saturated heterocycles. The monoisotopic (exact) mass is 328 g/mol. The molecule has 3 atom stereocenters. The fraction of sp³-hybridized carbons (Fsp3) is 0.450. The van der Waals surface area contributed by atoms with Gasteiger partial charge < -0.3 is 4.74 Å². The second-order valence-corrected chi connectivity index (χ2v) is 7.84. The number of carbonyl (C=O) groups excluding carboxylic acids is 1. The minimum absolute atomic E-state index is 0.0474. The van der Waals surface area contributed by atoms with E-state index in [2.05, 4.69) is 31.9 Å². The van der Waals surface area contributed by atoms with Gasteiger partial charge >= 0.3 is 5.97 Å². The molecule has 1 fully saturated rings. The van der Waals surface area contributed by atoms with Crippen molar-refractivity contribution in [1.82, 2.24) is 0 Å². The first-order chi connectivity index (χ1) is 10.9. The van der Waals surface area contributed by atoms with Crippen LogP contribution in [0.25, 0.3) is 0 Å². The molecule has 1 heterocycles. The van der Waals surface area contributed by atoms with E-state index in [0.29, 0.717) is 0 Å². The second-order valence-electron chi connectivity index (χ2n) is 6.80. The Morgan fingerprint density at radius 3 is 2.83 bits per heavy atom. The lowest BCUT2D eigenvalue weighted by atomic mass is 10.1. The highest BCUT2D eigenvalue weighted by molar-refractivity contribution is 7.09. The lowest BCUT2D eigenvalue weighted by Gasteiger charge is -2.09. The molecule has 0 aliphatic heterocycles. The zero-order valence-corrected chi connectivity index (χ0v) is 15.0. The van der Waals surface area contributed by atoms with Crippen LogP contribution in [0, 0.1) is 29.6 Å². The largest absolute Gasteiger partial charge is 0.445 e. The van der Waals surface area contributed by atoms with Gasteiger partial charge in [0.25, 0.3) is 0 Å². The van der Waals surface area contributed by atoms with Crippen molar-refractivity contribution in [3.8, 4) is 12.3 Å². The third-order valence-corrected chi connectivity index (χ3v) is 5.19. The molecule has 0 N–H and O–H groups in total. The number of thiophene rings is 1. The number of hydrogen-bond acceptors (Lipinski definition) is 3. The third kappa shape index (κ3) is 4.36. The molecule has 1 aromatic rings. The third-order valence-electron chi connectivity index (χ3n) is 4.29. The number of hydrogen-bond donors (Lipinski definition) is 0. The fourth-order valence-electron chi connectivity index (χ4n) is 2.86. The summed E-state index contributed by atoms with van der Waals surface area (Å²) in [6, 6.07) is 4.09. The molecule has 0 amide bonds. The fourth-order valence-corrected chi connectivity index (χ4v) is 3.54. The van der Waals surface area contributed by atoms with Gasteiger partial charge in [0.15, 0.2) is 6.10 Å². The molecule has 122 valence electrons. The summed E-state index contributed by atoms with van der Waals surface area (Å²) >= 11 is 1.70. The molecule has 0 spiro atoms. The van der Waals surface area contributed by atoms with Crippen LogP contribution in [0.2, 0.25) is 0 Å². The number of terminal acetylenes is 1. The van der Waals surface area contributed by atoms with Crippen LogP contribution >= 0.6 is 11.3 Å². The van der Waals surface area contributed by atoms with Crippen molar-refractivity contribution in [1.29, 1.82) is 0 Å². The van der Waals surface area contributed by atoms with E-state index in [9.17, 15) is 4.79 Å². The van der Waals surface area contributed by atoms with Gasteiger partial charge in [-0.05, 0) is 49.1 Å². The van der Waals surface area contributed by atoms with E-state index in [-0.39, 0.29) is 23.2 Å². The zero-order valence-electron chi connectivity index (χ0n) is 14.2. The zero-order chi connectivity index (χ0) is 17.0. The Morgan fingerprint density at radius 2 is 2.26 bits per heavy atom. The van der Waals surface area contributed by atoms with Crippen molar-refractivity contribution in [2.45, 2.75) is 40.2 Å². The molecule has 1 saturated carbocycles. The van der Waals surface area contributed by atoms with E-state index in [4.69, 9.17) is 11.2 Å². The van der Waals surface area contributed by atoms with Gasteiger partial charge in [-0.3, -0.25) is 4.79 Å². The summed E-state index contributed by atoms with van der Waals surface area (Å²) in [5.74, 6) is 2.49. The first-order valence-electron chi connectivity index (χ1n) is 7.87. The minimum atomic E-state index is -0.591. The average Bonchev–Trinajstić information content (AvgIpc) is 2.84. The van der Waals surface area contributed by atoms with Gasteiger partial charge in [-0.15, -0.1) is 17.8 Å². The Balaban J connectivity index is 1.92. The first-order valence-corrected chi connectivity index (χ1v) is 8.75. The van der Waals surface area contributed by atoms with Crippen molar-refractivity contribution >= 4 is 17.3 Å². The van der Waals surface area contributed by atoms with Crippen LogP contribution in [0.4, 0.5) is 0 Å². The van der Waals surface area contributed by atoms with Gasteiger partial charge in [-0.1, -0.05) is 43.6 Å². The lowest BCUT2D eigenvalue weighted by Crippen LogP contribution is -2.18. The van der Waals surface area contributed by atoms with Crippen LogP contribution in [0.15, 0.2) is 41.3 Å². The molecule has 2 nitrogen and oxygen atoms in total. The van der Waals surface area contributed by atoms with E-state index >= 15 is 0 Å². The number of carbonyl (C=O) groups is 1. The molecule has 1 aliphatic rings. The summed E-state index contributed by atoms with van der Waals surface area (Å²) < 4.78 is 5.50. The Labute approximate surface area is 143 Å². The van der Waals surface area contributed by atoms with Gasteiger partial charge in [-0.25, -0.2) is 0 Å². The summed E-state index contributed by atoms with van der Waals surface area (Å²) in [7, 11) is 0. The lowest BCUT2D eigenvalue weighted by molar-refractivity contribution is -0.147. The summed E-state index contributed by atoms with van der Waals surface area (Å²) in [4.78, 5) is 13.7. The summed E-state index contributed by atoms with van der Waals surface area (Å²) in [6.07, 6.45) is 11.6. The van der Waals surface area contributed by atoms with E-state index < -0.39 is 6.10 Å². The predicted molar refractivity (Wildman–Crippen MR) is 96.1 cm³/mol. The molecule has 3 heteroatoms. The Hall–Kier alpha value is -1.79. The van der Waals surface area contributed by atoms with Gasteiger partial charge in [0.1, 0.15) is 0 Å². The normalized spacial score (nSPS) is 23.1. The van der Waals surface area contributed by atoms with Crippen molar-refractivity contribution in [2.24, 2.45) is 17.3 Å². The number of ether oxygens (including phenoxy) is 1. The summed E-state index contributed by atoms with van der Waals surface area (Å²) in [5, 5.41) is 2.04. The highest BCUT2D eigenvalue weighted by atomic mass is 32.1. The SMILES string of the molecule is C#CC(C=CCc1cccs1)OC(=O)C1C(C=C(C)C)C1(C)C. The van der Waals surface area contributed by atoms with Crippen LogP contribution in [-0.2, 0) is 16.0 Å². The quantitative estimate of drug-likeness (QED) is 0.432. The molecule has 0 bridgehead atoms. The van der Waals surface area contributed by atoms with E-state index in [1.165, 1.54) is 10.5 Å². The van der Waals surface area contributed by atoms with Gasteiger partial charge in [0.05, 0.1) is 5.92 Å². The smallest absolute Gasteiger partial charge is 0.311 e. The van der Waals surface area contributed by atoms with Crippen LogP contribution in [0.5, 0.6) is 0 Å². The van der Waals surface area contributed by atoms with E-state index in [1.54, 1.807) is 17.4 Å². The van der Waals surface area contributed by atoms with Crippen molar-refractivity contribution in [3.05, 3.63) is 46.2 Å². The minimum Gasteiger partial charge on any atom is -0.445 e. The maximum absolute atomic E-state index is 12.4. The molecule has 0 radical (unpaired) electrons. The highest BCUT2D eigenvalue weighted by Crippen LogP contribution is 2.59. The van der Waals surface area contributed by atoms with E-state index in [0.717, 1.165) is 6.42 Å². The molecule has 3 unspecified atom stereocenters. The van der Waals surface area contributed by atoms with Gasteiger partial charge in [-0.2, -0.15) is 0 Å². The molecular weight excluding hydrogens is 304 g/mol. The van der Waals surface area contributed by atoms with Crippen LogP contribution in [-0.4, -0.2) is 12.1 Å². The summed E-state index contributed by atoms with van der Waals surface area (Å²) in [6.45, 7) is 8.30. The maximum atomic E-state index is 12.4. The van der Waals surface area contributed by atoms with Crippen LogP contribution < -0.4 is 0 Å². The molecule has 1 aromatic heterocycles. The van der Waals surface area contributed by atoms with Crippen LogP contribution in [0.3, 0.4) is 0 Å². The predicted octanol–water partition coefficient (Wildman–Crippen LogP) is 4.63.